The average Bonchev–Trinajstić information content (AvgIpc) is 3.18. The van der Waals surface area contributed by atoms with Gasteiger partial charge in [0.15, 0.2) is 0 Å². The Balaban J connectivity index is 1.80. The van der Waals surface area contributed by atoms with Crippen LogP contribution in [0.5, 0.6) is 11.5 Å². The van der Waals surface area contributed by atoms with E-state index in [1.807, 2.05) is 19.1 Å². The minimum Gasteiger partial charge on any atom is -0.465 e. The molecule has 0 bridgehead atoms. The molecule has 7 heteroatoms. The van der Waals surface area contributed by atoms with E-state index >= 15 is 0 Å². The standard InChI is InChI=1S/C51H86FO5P/c1-12-15-16-17-18-19-20-21-22-23-24-25-26-27-28-29-30-31-32-33-37-54-46(53)40-42-38-41(4)47(45(39-42)49(5,6)7)55-58(57-52)56-48-43(50(8,9)13-2)35-34-36-44(48)51(10,11)14-3/h34-36,38-39H,12-33,37,40H2,1-11H3. The zero-order chi connectivity index (χ0) is 43.0. The third-order valence-corrected chi connectivity index (χ3v) is 13.2. The van der Waals surface area contributed by atoms with Crippen molar-refractivity contribution in [3.8, 4) is 11.5 Å². The van der Waals surface area contributed by atoms with Crippen LogP contribution in [0.2, 0.25) is 0 Å². The molecule has 2 aromatic rings. The van der Waals surface area contributed by atoms with E-state index in [0.717, 1.165) is 53.5 Å². The van der Waals surface area contributed by atoms with Crippen LogP contribution in [0, 0.1) is 6.92 Å². The first kappa shape index (κ1) is 52.0. The molecule has 0 aliphatic heterocycles. The van der Waals surface area contributed by atoms with Gasteiger partial charge < -0.3 is 13.8 Å². The number of halogens is 1. The van der Waals surface area contributed by atoms with Crippen LogP contribution >= 0.6 is 8.60 Å². The molecular weight excluding hydrogens is 743 g/mol. The number of ether oxygens (including phenoxy) is 1. The minimum atomic E-state index is -2.44. The first-order valence-corrected chi connectivity index (χ1v) is 24.6. The molecule has 1 atom stereocenters. The summed E-state index contributed by atoms with van der Waals surface area (Å²) in [4.78, 5) is 12.9. The van der Waals surface area contributed by atoms with Crippen molar-refractivity contribution >= 4 is 14.6 Å². The largest absolute Gasteiger partial charge is 0.497 e. The van der Waals surface area contributed by atoms with Gasteiger partial charge in [-0.05, 0) is 58.1 Å². The Morgan fingerprint density at radius 2 is 1.00 bits per heavy atom. The summed E-state index contributed by atoms with van der Waals surface area (Å²) in [7, 11) is -2.44. The second-order valence-electron chi connectivity index (χ2n) is 19.3. The van der Waals surface area contributed by atoms with Crippen LogP contribution < -0.4 is 9.05 Å². The van der Waals surface area contributed by atoms with Gasteiger partial charge in [-0.2, -0.15) is 0 Å². The summed E-state index contributed by atoms with van der Waals surface area (Å²) in [6.45, 7) is 23.9. The molecule has 58 heavy (non-hydrogen) atoms. The van der Waals surface area contributed by atoms with Crippen molar-refractivity contribution in [1.29, 1.82) is 0 Å². The number of carbonyl (C=O) groups is 1. The third kappa shape index (κ3) is 19.0. The maximum Gasteiger partial charge on any atom is 0.497 e. The van der Waals surface area contributed by atoms with Crippen molar-refractivity contribution in [3.05, 3.63) is 58.1 Å². The summed E-state index contributed by atoms with van der Waals surface area (Å²) in [5, 5.41) is 0. The van der Waals surface area contributed by atoms with Crippen LogP contribution in [0.25, 0.3) is 0 Å². The van der Waals surface area contributed by atoms with E-state index < -0.39 is 8.60 Å². The summed E-state index contributed by atoms with van der Waals surface area (Å²) < 4.78 is 37.3. The molecule has 0 aliphatic rings. The topological polar surface area (TPSA) is 54.0 Å². The van der Waals surface area contributed by atoms with Gasteiger partial charge in [0.25, 0.3) is 0 Å². The van der Waals surface area contributed by atoms with Crippen LogP contribution in [0.4, 0.5) is 4.53 Å². The Morgan fingerprint density at radius 1 is 0.586 bits per heavy atom. The van der Waals surface area contributed by atoms with Crippen molar-refractivity contribution in [2.45, 2.75) is 240 Å². The lowest BCUT2D eigenvalue weighted by molar-refractivity contribution is -0.142. The number of rotatable bonds is 32. The zero-order valence-electron chi connectivity index (χ0n) is 39.2. The third-order valence-electron chi connectivity index (χ3n) is 12.4. The number of unbranched alkanes of at least 4 members (excludes halogenated alkanes) is 19. The molecule has 0 N–H and O–H groups in total. The highest BCUT2D eigenvalue weighted by Crippen LogP contribution is 2.51. The fourth-order valence-electron chi connectivity index (χ4n) is 7.67. The molecule has 5 nitrogen and oxygen atoms in total. The Hall–Kier alpha value is -2.17. The van der Waals surface area contributed by atoms with E-state index in [-0.39, 0.29) is 28.6 Å². The van der Waals surface area contributed by atoms with Gasteiger partial charge in [0.1, 0.15) is 11.5 Å². The summed E-state index contributed by atoms with van der Waals surface area (Å²) in [6.07, 6.45) is 28.8. The van der Waals surface area contributed by atoms with Crippen LogP contribution in [-0.4, -0.2) is 12.6 Å². The van der Waals surface area contributed by atoms with E-state index in [4.69, 9.17) is 13.8 Å². The molecule has 332 valence electrons. The van der Waals surface area contributed by atoms with Crippen molar-refractivity contribution in [2.24, 2.45) is 0 Å². The van der Waals surface area contributed by atoms with Crippen molar-refractivity contribution < 1.29 is 27.8 Å². The van der Waals surface area contributed by atoms with Crippen LogP contribution in [-0.2, 0) is 36.9 Å². The molecule has 0 fully saturated rings. The molecule has 0 heterocycles. The van der Waals surface area contributed by atoms with E-state index in [9.17, 15) is 9.32 Å². The van der Waals surface area contributed by atoms with Gasteiger partial charge in [-0.15, -0.1) is 0 Å². The number of benzene rings is 2. The molecule has 0 spiro atoms. The van der Waals surface area contributed by atoms with Crippen LogP contribution in [0.1, 0.15) is 238 Å². The molecule has 1 unspecified atom stereocenters. The first-order chi connectivity index (χ1) is 27.6. The summed E-state index contributed by atoms with van der Waals surface area (Å²) in [5.74, 6) is 0.908. The molecule has 0 saturated carbocycles. The summed E-state index contributed by atoms with van der Waals surface area (Å²) in [6, 6.07) is 10.1. The van der Waals surface area contributed by atoms with E-state index in [1.54, 1.807) is 0 Å². The molecule has 0 aromatic heterocycles. The number of hydrogen-bond acceptors (Lipinski definition) is 5. The first-order valence-electron chi connectivity index (χ1n) is 23.5. The van der Waals surface area contributed by atoms with Crippen LogP contribution in [0.3, 0.4) is 0 Å². The number of aryl methyl sites for hydroxylation is 1. The number of carbonyl (C=O) groups excluding carboxylic acids is 1. The second kappa shape index (κ2) is 27.6. The number of para-hydroxylation sites is 1. The molecule has 2 rings (SSSR count). The smallest absolute Gasteiger partial charge is 0.465 e. The van der Waals surface area contributed by atoms with E-state index in [0.29, 0.717) is 18.1 Å². The van der Waals surface area contributed by atoms with Gasteiger partial charge in [-0.1, -0.05) is 226 Å². The highest BCUT2D eigenvalue weighted by Gasteiger charge is 2.34. The highest BCUT2D eigenvalue weighted by molar-refractivity contribution is 7.42. The average molecular weight is 829 g/mol. The normalized spacial score (nSPS) is 12.8. The fraction of sp³-hybridized carbons (Fsp3) is 0.745. The van der Waals surface area contributed by atoms with E-state index in [2.05, 4.69) is 92.2 Å². The Kier molecular flexibility index (Phi) is 24.8. The van der Waals surface area contributed by atoms with Crippen LogP contribution in [0.15, 0.2) is 30.3 Å². The minimum absolute atomic E-state index is 0.170. The molecular formula is C51H86FO5P. The van der Waals surface area contributed by atoms with Gasteiger partial charge in [0.2, 0.25) is 0 Å². The van der Waals surface area contributed by atoms with Crippen molar-refractivity contribution in [2.75, 3.05) is 6.61 Å². The predicted octanol–water partition coefficient (Wildman–Crippen LogP) is 17.2. The highest BCUT2D eigenvalue weighted by atomic mass is 31.2. The van der Waals surface area contributed by atoms with Gasteiger partial charge in [-0.3, -0.25) is 4.79 Å². The van der Waals surface area contributed by atoms with Gasteiger partial charge in [0.05, 0.1) is 13.0 Å². The summed E-state index contributed by atoms with van der Waals surface area (Å²) >= 11 is 0. The Labute approximate surface area is 357 Å². The molecule has 0 amide bonds. The second-order valence-corrected chi connectivity index (χ2v) is 20.2. The number of esters is 1. The molecule has 0 saturated heterocycles. The molecule has 0 aliphatic carbocycles. The quantitative estimate of drug-likeness (QED) is 0.0418. The van der Waals surface area contributed by atoms with Gasteiger partial charge in [0, 0.05) is 16.7 Å². The lowest BCUT2D eigenvalue weighted by atomic mass is 9.76. The fourth-order valence-corrected chi connectivity index (χ4v) is 8.50. The maximum atomic E-state index is 14.5. The summed E-state index contributed by atoms with van der Waals surface area (Å²) in [5.41, 5.74) is 3.71. The van der Waals surface area contributed by atoms with Gasteiger partial charge in [-0.25, -0.2) is 0 Å². The van der Waals surface area contributed by atoms with Crippen molar-refractivity contribution in [1.82, 2.24) is 0 Å². The monoisotopic (exact) mass is 829 g/mol. The lowest BCUT2D eigenvalue weighted by Gasteiger charge is -2.33. The van der Waals surface area contributed by atoms with Crippen molar-refractivity contribution in [3.63, 3.8) is 0 Å². The Bertz CT molecular complexity index is 1400. The lowest BCUT2D eigenvalue weighted by Crippen LogP contribution is -2.22. The van der Waals surface area contributed by atoms with Gasteiger partial charge >= 0.3 is 14.6 Å². The zero-order valence-corrected chi connectivity index (χ0v) is 40.1. The molecule has 0 radical (unpaired) electrons. The number of hydrogen-bond donors (Lipinski definition) is 0. The van der Waals surface area contributed by atoms with E-state index in [1.165, 1.54) is 116 Å². The Morgan fingerprint density at radius 3 is 1.40 bits per heavy atom. The predicted molar refractivity (Wildman–Crippen MR) is 246 cm³/mol. The SMILES string of the molecule is CCCCCCCCCCCCCCCCCCCCCCOC(=O)Cc1cc(C)c(OP(OF)Oc2c(C(C)(C)CC)cccc2C(C)(C)CC)c(C(C)(C)C)c1. The molecule has 2 aromatic carbocycles. The maximum absolute atomic E-state index is 14.5.